The third-order valence-corrected chi connectivity index (χ3v) is 5.12. The molecule has 1 fully saturated rings. The van der Waals surface area contributed by atoms with E-state index in [4.69, 9.17) is 11.6 Å². The number of hydrogen-bond donors (Lipinski definition) is 0. The molecule has 0 aliphatic carbocycles. The maximum atomic E-state index is 13.2. The summed E-state index contributed by atoms with van der Waals surface area (Å²) in [5, 5.41) is -0.0164. The van der Waals surface area contributed by atoms with Crippen molar-refractivity contribution >= 4 is 21.8 Å². The number of halogens is 2. The van der Waals surface area contributed by atoms with Crippen LogP contribution in [0.1, 0.15) is 5.56 Å². The number of likely N-dealkylation sites (N-methyl/N-ethyl adjacent to an activating group) is 1. The van der Waals surface area contributed by atoms with E-state index in [2.05, 4.69) is 0 Å². The van der Waals surface area contributed by atoms with Crippen molar-refractivity contribution in [2.75, 3.05) is 20.1 Å². The Hall–Kier alpha value is -0.690. The molecule has 0 spiro atoms. The molecule has 94 valence electrons. The van der Waals surface area contributed by atoms with Gasteiger partial charge in [0.25, 0.3) is 10.2 Å². The third kappa shape index (κ3) is 2.30. The fourth-order valence-electron chi connectivity index (χ4n) is 1.70. The van der Waals surface area contributed by atoms with E-state index in [0.29, 0.717) is 18.7 Å². The Bertz CT molecular complexity index is 535. The molecule has 17 heavy (non-hydrogen) atoms. The van der Waals surface area contributed by atoms with Crippen LogP contribution < -0.4 is 0 Å². The first-order chi connectivity index (χ1) is 7.93. The van der Waals surface area contributed by atoms with E-state index in [0.717, 1.165) is 0 Å². The van der Waals surface area contributed by atoms with E-state index >= 15 is 0 Å². The molecule has 0 atom stereocenters. The Morgan fingerprint density at radius 2 is 2.12 bits per heavy atom. The number of benzene rings is 1. The van der Waals surface area contributed by atoms with Crippen molar-refractivity contribution in [2.24, 2.45) is 0 Å². The van der Waals surface area contributed by atoms with Crippen molar-refractivity contribution in [1.29, 1.82) is 0 Å². The molecule has 0 N–H and O–H groups in total. The highest BCUT2D eigenvalue weighted by Gasteiger charge is 2.33. The van der Waals surface area contributed by atoms with Gasteiger partial charge in [0.05, 0.1) is 5.02 Å². The monoisotopic (exact) mass is 278 g/mol. The van der Waals surface area contributed by atoms with Gasteiger partial charge in [0.1, 0.15) is 5.82 Å². The largest absolute Gasteiger partial charge is 0.282 e. The van der Waals surface area contributed by atoms with Crippen LogP contribution in [0.4, 0.5) is 4.39 Å². The molecular weight excluding hydrogens is 267 g/mol. The van der Waals surface area contributed by atoms with Gasteiger partial charge >= 0.3 is 0 Å². The lowest BCUT2D eigenvalue weighted by Gasteiger charge is -2.16. The minimum absolute atomic E-state index is 0.0164. The van der Waals surface area contributed by atoms with Gasteiger partial charge in [-0.15, -0.1) is 0 Å². The highest BCUT2D eigenvalue weighted by Crippen LogP contribution is 2.24. The van der Waals surface area contributed by atoms with E-state index < -0.39 is 16.0 Å². The Balaban J connectivity index is 2.26. The second kappa shape index (κ2) is 4.53. The molecule has 0 saturated carbocycles. The first kappa shape index (κ1) is 12.8. The van der Waals surface area contributed by atoms with Gasteiger partial charge in [0.15, 0.2) is 0 Å². The summed E-state index contributed by atoms with van der Waals surface area (Å²) in [5.74, 6) is -0.533. The zero-order valence-corrected chi connectivity index (χ0v) is 10.8. The lowest BCUT2D eigenvalue weighted by Crippen LogP contribution is -2.30. The van der Waals surface area contributed by atoms with Crippen molar-refractivity contribution < 1.29 is 12.8 Å². The van der Waals surface area contributed by atoms with Crippen molar-refractivity contribution in [3.05, 3.63) is 34.6 Å². The van der Waals surface area contributed by atoms with Gasteiger partial charge in [-0.2, -0.15) is 17.0 Å². The van der Waals surface area contributed by atoms with Crippen LogP contribution in [0.5, 0.6) is 0 Å². The van der Waals surface area contributed by atoms with Crippen LogP contribution in [-0.4, -0.2) is 37.2 Å². The quantitative estimate of drug-likeness (QED) is 0.822. The molecule has 1 aromatic carbocycles. The Morgan fingerprint density at radius 1 is 1.41 bits per heavy atom. The topological polar surface area (TPSA) is 40.6 Å². The van der Waals surface area contributed by atoms with Crippen LogP contribution in [-0.2, 0) is 16.8 Å². The molecule has 1 aliphatic rings. The molecule has 2 rings (SSSR count). The average Bonchev–Trinajstić information content (AvgIpc) is 2.51. The second-order valence-corrected chi connectivity index (χ2v) is 6.29. The molecule has 0 unspecified atom stereocenters. The molecular formula is C10H12ClFN2O2S. The molecule has 1 heterocycles. The summed E-state index contributed by atoms with van der Waals surface area (Å²) in [5.41, 5.74) is 0.477. The lowest BCUT2D eigenvalue weighted by molar-refractivity contribution is 0.444. The van der Waals surface area contributed by atoms with Crippen LogP contribution in [0, 0.1) is 5.82 Å². The van der Waals surface area contributed by atoms with E-state index in [1.54, 1.807) is 6.07 Å². The molecule has 1 aliphatic heterocycles. The average molecular weight is 279 g/mol. The minimum Gasteiger partial charge on any atom is -0.205 e. The molecule has 7 heteroatoms. The number of nitrogens with zero attached hydrogens (tertiary/aromatic N) is 2. The standard InChI is InChI=1S/C10H12ClFN2O2S/c1-13-5-6-14(17(13,15)16)7-8-3-2-4-9(12)10(8)11/h2-4H,5-7H2,1H3. The van der Waals surface area contributed by atoms with Crippen LogP contribution >= 0.6 is 11.6 Å². The second-order valence-electron chi connectivity index (χ2n) is 3.88. The maximum Gasteiger partial charge on any atom is 0.282 e. The third-order valence-electron chi connectivity index (χ3n) is 2.76. The minimum atomic E-state index is -3.41. The summed E-state index contributed by atoms with van der Waals surface area (Å²) in [6.45, 7) is 0.935. The molecule has 0 bridgehead atoms. The predicted octanol–water partition coefficient (Wildman–Crippen LogP) is 1.47. The van der Waals surface area contributed by atoms with Gasteiger partial charge in [0, 0.05) is 26.7 Å². The highest BCUT2D eigenvalue weighted by atomic mass is 35.5. The van der Waals surface area contributed by atoms with Crippen LogP contribution in [0.25, 0.3) is 0 Å². The van der Waals surface area contributed by atoms with Crippen LogP contribution in [0.15, 0.2) is 18.2 Å². The van der Waals surface area contributed by atoms with E-state index in [1.807, 2.05) is 0 Å². The summed E-state index contributed by atoms with van der Waals surface area (Å²) in [4.78, 5) is 0. The smallest absolute Gasteiger partial charge is 0.205 e. The fourth-order valence-corrected chi connectivity index (χ4v) is 3.21. The van der Waals surface area contributed by atoms with E-state index in [-0.39, 0.29) is 11.6 Å². The van der Waals surface area contributed by atoms with Gasteiger partial charge in [-0.05, 0) is 11.6 Å². The summed E-state index contributed by atoms with van der Waals surface area (Å²) in [6, 6.07) is 4.39. The zero-order valence-electron chi connectivity index (χ0n) is 9.23. The molecule has 1 saturated heterocycles. The van der Waals surface area contributed by atoms with Gasteiger partial charge < -0.3 is 0 Å². The summed E-state index contributed by atoms with van der Waals surface area (Å²) in [6.07, 6.45) is 0. The Kier molecular flexibility index (Phi) is 3.40. The maximum absolute atomic E-state index is 13.2. The lowest BCUT2D eigenvalue weighted by atomic mass is 10.2. The van der Waals surface area contributed by atoms with Crippen LogP contribution in [0.3, 0.4) is 0 Å². The molecule has 0 radical (unpaired) electrons. The van der Waals surface area contributed by atoms with Gasteiger partial charge in [0.2, 0.25) is 0 Å². The Labute approximate surface area is 105 Å². The van der Waals surface area contributed by atoms with Crippen molar-refractivity contribution in [2.45, 2.75) is 6.54 Å². The number of rotatable bonds is 2. The first-order valence-corrected chi connectivity index (χ1v) is 6.84. The van der Waals surface area contributed by atoms with E-state index in [1.165, 1.54) is 27.8 Å². The predicted molar refractivity (Wildman–Crippen MR) is 63.4 cm³/mol. The SMILES string of the molecule is CN1CCN(Cc2cccc(F)c2Cl)S1(=O)=O. The van der Waals surface area contributed by atoms with Crippen molar-refractivity contribution in [1.82, 2.24) is 8.61 Å². The Morgan fingerprint density at radius 3 is 2.71 bits per heavy atom. The molecule has 0 aromatic heterocycles. The van der Waals surface area contributed by atoms with Crippen molar-refractivity contribution in [3.8, 4) is 0 Å². The first-order valence-electron chi connectivity index (χ1n) is 5.07. The van der Waals surface area contributed by atoms with Gasteiger partial charge in [-0.25, -0.2) is 4.39 Å². The fraction of sp³-hybridized carbons (Fsp3) is 0.400. The summed E-state index contributed by atoms with van der Waals surface area (Å²) >= 11 is 5.79. The summed E-state index contributed by atoms with van der Waals surface area (Å²) in [7, 11) is -1.89. The normalized spacial score (nSPS) is 20.9. The molecule has 1 aromatic rings. The van der Waals surface area contributed by atoms with Gasteiger partial charge in [-0.1, -0.05) is 23.7 Å². The molecule has 0 amide bonds. The highest BCUT2D eigenvalue weighted by molar-refractivity contribution is 7.86. The van der Waals surface area contributed by atoms with Crippen molar-refractivity contribution in [3.63, 3.8) is 0 Å². The summed E-state index contributed by atoms with van der Waals surface area (Å²) < 4.78 is 39.4. The van der Waals surface area contributed by atoms with E-state index in [9.17, 15) is 12.8 Å². The van der Waals surface area contributed by atoms with Crippen LogP contribution in [0.2, 0.25) is 5.02 Å². The van der Waals surface area contributed by atoms with Gasteiger partial charge in [-0.3, -0.25) is 0 Å². The zero-order chi connectivity index (χ0) is 12.6. The molecule has 4 nitrogen and oxygen atoms in total. The number of hydrogen-bond acceptors (Lipinski definition) is 2.